The second kappa shape index (κ2) is 7.64. The van der Waals surface area contributed by atoms with Gasteiger partial charge in [-0.25, -0.2) is 4.79 Å². The first-order chi connectivity index (χ1) is 9.85. The first-order valence-corrected chi connectivity index (χ1v) is 7.03. The molecule has 1 rings (SSSR count). The first kappa shape index (κ1) is 17.0. The number of carbonyl (C=O) groups is 2. The van der Waals surface area contributed by atoms with Crippen LogP contribution >= 0.6 is 0 Å². The highest BCUT2D eigenvalue weighted by molar-refractivity contribution is 5.93. The van der Waals surface area contributed by atoms with E-state index in [1.54, 1.807) is 31.0 Å². The highest BCUT2D eigenvalue weighted by atomic mass is 16.2. The SMILES string of the molecule is CCN(C)C(=O)C(C)NC(=O)Nc1ccc(C(C)N)cc1. The van der Waals surface area contributed by atoms with Crippen LogP contribution in [-0.2, 0) is 4.79 Å². The summed E-state index contributed by atoms with van der Waals surface area (Å²) in [5, 5.41) is 5.30. The van der Waals surface area contributed by atoms with E-state index in [-0.39, 0.29) is 11.9 Å². The maximum absolute atomic E-state index is 11.9. The van der Waals surface area contributed by atoms with Crippen molar-refractivity contribution in [3.63, 3.8) is 0 Å². The lowest BCUT2D eigenvalue weighted by molar-refractivity contribution is -0.131. The number of amides is 3. The van der Waals surface area contributed by atoms with E-state index in [2.05, 4.69) is 10.6 Å². The van der Waals surface area contributed by atoms with E-state index < -0.39 is 12.1 Å². The van der Waals surface area contributed by atoms with E-state index in [0.717, 1.165) is 5.56 Å². The quantitative estimate of drug-likeness (QED) is 0.772. The lowest BCUT2D eigenvalue weighted by Gasteiger charge is -2.20. The summed E-state index contributed by atoms with van der Waals surface area (Å²) in [6, 6.07) is 6.26. The number of urea groups is 1. The number of nitrogens with zero attached hydrogens (tertiary/aromatic N) is 1. The Bertz CT molecular complexity index is 485. The van der Waals surface area contributed by atoms with Gasteiger partial charge in [-0.05, 0) is 38.5 Å². The molecule has 0 bridgehead atoms. The molecule has 3 amide bonds. The van der Waals surface area contributed by atoms with Crippen molar-refractivity contribution in [1.29, 1.82) is 0 Å². The molecule has 116 valence electrons. The van der Waals surface area contributed by atoms with Crippen molar-refractivity contribution in [1.82, 2.24) is 10.2 Å². The molecule has 0 saturated heterocycles. The lowest BCUT2D eigenvalue weighted by Crippen LogP contribution is -2.46. The summed E-state index contributed by atoms with van der Waals surface area (Å²) in [5.74, 6) is -0.125. The molecule has 6 heteroatoms. The van der Waals surface area contributed by atoms with Crippen LogP contribution in [0.25, 0.3) is 0 Å². The largest absolute Gasteiger partial charge is 0.344 e. The van der Waals surface area contributed by atoms with Crippen LogP contribution < -0.4 is 16.4 Å². The molecule has 2 unspecified atom stereocenters. The first-order valence-electron chi connectivity index (χ1n) is 7.03. The van der Waals surface area contributed by atoms with Gasteiger partial charge in [0.2, 0.25) is 5.91 Å². The number of hydrogen-bond acceptors (Lipinski definition) is 3. The fourth-order valence-corrected chi connectivity index (χ4v) is 1.78. The van der Waals surface area contributed by atoms with Gasteiger partial charge < -0.3 is 21.3 Å². The minimum atomic E-state index is -0.571. The van der Waals surface area contributed by atoms with Crippen molar-refractivity contribution in [3.8, 4) is 0 Å². The molecule has 0 radical (unpaired) electrons. The molecular formula is C15H24N4O2. The minimum Gasteiger partial charge on any atom is -0.344 e. The molecule has 6 nitrogen and oxygen atoms in total. The number of nitrogens with one attached hydrogen (secondary N) is 2. The van der Waals surface area contributed by atoms with Gasteiger partial charge in [0.25, 0.3) is 0 Å². The van der Waals surface area contributed by atoms with Crippen LogP contribution in [0.2, 0.25) is 0 Å². The molecule has 0 saturated carbocycles. The predicted molar refractivity (Wildman–Crippen MR) is 84.0 cm³/mol. The molecular weight excluding hydrogens is 268 g/mol. The van der Waals surface area contributed by atoms with E-state index in [0.29, 0.717) is 12.2 Å². The third-order valence-corrected chi connectivity index (χ3v) is 3.26. The van der Waals surface area contributed by atoms with Crippen LogP contribution in [0.3, 0.4) is 0 Å². The fourth-order valence-electron chi connectivity index (χ4n) is 1.78. The van der Waals surface area contributed by atoms with Crippen molar-refractivity contribution in [3.05, 3.63) is 29.8 Å². The van der Waals surface area contributed by atoms with E-state index >= 15 is 0 Å². The molecule has 0 heterocycles. The third-order valence-electron chi connectivity index (χ3n) is 3.26. The highest BCUT2D eigenvalue weighted by Crippen LogP contribution is 2.14. The van der Waals surface area contributed by atoms with Crippen LogP contribution in [-0.4, -0.2) is 36.5 Å². The van der Waals surface area contributed by atoms with Gasteiger partial charge >= 0.3 is 6.03 Å². The molecule has 1 aromatic carbocycles. The summed E-state index contributed by atoms with van der Waals surface area (Å²) >= 11 is 0. The van der Waals surface area contributed by atoms with Gasteiger partial charge in [0, 0.05) is 25.3 Å². The van der Waals surface area contributed by atoms with Gasteiger partial charge in [0.1, 0.15) is 6.04 Å². The monoisotopic (exact) mass is 292 g/mol. The normalized spacial score (nSPS) is 13.2. The van der Waals surface area contributed by atoms with Crippen LogP contribution in [0.4, 0.5) is 10.5 Å². The molecule has 0 fully saturated rings. The molecule has 0 aliphatic carbocycles. The summed E-state index contributed by atoms with van der Waals surface area (Å²) in [5.41, 5.74) is 7.41. The summed E-state index contributed by atoms with van der Waals surface area (Å²) in [6.45, 7) is 6.04. The summed E-state index contributed by atoms with van der Waals surface area (Å²) in [7, 11) is 1.70. The Kier molecular flexibility index (Phi) is 6.17. The number of nitrogens with two attached hydrogens (primary N) is 1. The number of benzene rings is 1. The Morgan fingerprint density at radius 3 is 2.29 bits per heavy atom. The van der Waals surface area contributed by atoms with E-state index in [4.69, 9.17) is 5.73 Å². The second-order valence-electron chi connectivity index (χ2n) is 5.08. The van der Waals surface area contributed by atoms with Gasteiger partial charge in [-0.1, -0.05) is 12.1 Å². The molecule has 0 aromatic heterocycles. The predicted octanol–water partition coefficient (Wildman–Crippen LogP) is 1.69. The number of likely N-dealkylation sites (N-methyl/N-ethyl adjacent to an activating group) is 1. The summed E-state index contributed by atoms with van der Waals surface area (Å²) < 4.78 is 0. The fraction of sp³-hybridized carbons (Fsp3) is 0.467. The Hall–Kier alpha value is -2.08. The van der Waals surface area contributed by atoms with Gasteiger partial charge in [-0.2, -0.15) is 0 Å². The van der Waals surface area contributed by atoms with Crippen LogP contribution in [0.15, 0.2) is 24.3 Å². The summed E-state index contributed by atoms with van der Waals surface area (Å²) in [4.78, 5) is 25.2. The van der Waals surface area contributed by atoms with Crippen LogP contribution in [0.5, 0.6) is 0 Å². The maximum atomic E-state index is 11.9. The Morgan fingerprint density at radius 2 is 1.81 bits per heavy atom. The molecule has 2 atom stereocenters. The van der Waals surface area contributed by atoms with Crippen molar-refractivity contribution in [2.45, 2.75) is 32.9 Å². The Labute approximate surface area is 125 Å². The molecule has 4 N–H and O–H groups in total. The maximum Gasteiger partial charge on any atom is 0.319 e. The standard InChI is InChI=1S/C15H24N4O2/c1-5-19(4)14(20)11(3)17-15(21)18-13-8-6-12(7-9-13)10(2)16/h6-11H,5,16H2,1-4H3,(H2,17,18,21). The van der Waals surface area contributed by atoms with Crippen molar-refractivity contribution >= 4 is 17.6 Å². The van der Waals surface area contributed by atoms with Crippen LogP contribution in [0.1, 0.15) is 32.4 Å². The summed E-state index contributed by atoms with van der Waals surface area (Å²) in [6.07, 6.45) is 0. The smallest absolute Gasteiger partial charge is 0.319 e. The van der Waals surface area contributed by atoms with Crippen molar-refractivity contribution < 1.29 is 9.59 Å². The lowest BCUT2D eigenvalue weighted by atomic mass is 10.1. The molecule has 1 aromatic rings. The second-order valence-corrected chi connectivity index (χ2v) is 5.08. The molecule has 21 heavy (non-hydrogen) atoms. The topological polar surface area (TPSA) is 87.5 Å². The third kappa shape index (κ3) is 5.07. The van der Waals surface area contributed by atoms with E-state index in [1.165, 1.54) is 0 Å². The zero-order chi connectivity index (χ0) is 16.0. The Balaban J connectivity index is 2.55. The Morgan fingerprint density at radius 1 is 1.24 bits per heavy atom. The van der Waals surface area contributed by atoms with Gasteiger partial charge in [-0.15, -0.1) is 0 Å². The van der Waals surface area contributed by atoms with Gasteiger partial charge in [0.05, 0.1) is 0 Å². The van der Waals surface area contributed by atoms with Crippen molar-refractivity contribution in [2.75, 3.05) is 18.9 Å². The van der Waals surface area contributed by atoms with E-state index in [9.17, 15) is 9.59 Å². The zero-order valence-electron chi connectivity index (χ0n) is 13.0. The minimum absolute atomic E-state index is 0.0462. The average molecular weight is 292 g/mol. The number of anilines is 1. The van der Waals surface area contributed by atoms with Crippen LogP contribution in [0, 0.1) is 0 Å². The highest BCUT2D eigenvalue weighted by Gasteiger charge is 2.18. The molecule has 0 aliphatic rings. The number of rotatable bonds is 5. The van der Waals surface area contributed by atoms with Gasteiger partial charge in [-0.3, -0.25) is 4.79 Å². The van der Waals surface area contributed by atoms with Gasteiger partial charge in [0.15, 0.2) is 0 Å². The van der Waals surface area contributed by atoms with E-state index in [1.807, 2.05) is 26.0 Å². The molecule has 0 spiro atoms. The number of hydrogen-bond donors (Lipinski definition) is 3. The molecule has 0 aliphatic heterocycles. The number of carbonyl (C=O) groups excluding carboxylic acids is 2. The average Bonchev–Trinajstić information content (AvgIpc) is 2.45. The zero-order valence-corrected chi connectivity index (χ0v) is 13.0. The van der Waals surface area contributed by atoms with Crippen molar-refractivity contribution in [2.24, 2.45) is 5.73 Å².